The molecule has 0 saturated carbocycles. The summed E-state index contributed by atoms with van der Waals surface area (Å²) in [5.41, 5.74) is 0. The highest BCUT2D eigenvalue weighted by Crippen LogP contribution is 2.30. The summed E-state index contributed by atoms with van der Waals surface area (Å²) >= 11 is 1.49. The first kappa shape index (κ1) is 20.4. The van der Waals surface area contributed by atoms with E-state index in [1.807, 2.05) is 13.8 Å². The maximum Gasteiger partial charge on any atom is 0.317 e. The van der Waals surface area contributed by atoms with Gasteiger partial charge >= 0.3 is 5.97 Å². The van der Waals surface area contributed by atoms with Crippen LogP contribution < -0.4 is 5.32 Å². The van der Waals surface area contributed by atoms with Crippen LogP contribution in [0.1, 0.15) is 22.6 Å². The van der Waals surface area contributed by atoms with Crippen molar-refractivity contribution in [2.75, 3.05) is 26.2 Å². The van der Waals surface area contributed by atoms with Crippen LogP contribution in [0.3, 0.4) is 0 Å². The second kappa shape index (κ2) is 8.43. The summed E-state index contributed by atoms with van der Waals surface area (Å²) in [6.45, 7) is 5.16. The van der Waals surface area contributed by atoms with Crippen molar-refractivity contribution in [2.24, 2.45) is 5.92 Å². The average Bonchev–Trinajstić information content (AvgIpc) is 2.78. The summed E-state index contributed by atoms with van der Waals surface area (Å²) in [5.74, 6) is -0.743. The minimum absolute atomic E-state index is 0. The third kappa shape index (κ3) is 5.15. The fraction of sp³-hybridized carbons (Fsp3) is 0.643. The fourth-order valence-electron chi connectivity index (χ4n) is 2.80. The van der Waals surface area contributed by atoms with E-state index in [0.717, 1.165) is 22.6 Å². The van der Waals surface area contributed by atoms with Crippen LogP contribution in [-0.2, 0) is 14.8 Å². The molecule has 2 heterocycles. The Morgan fingerprint density at radius 1 is 1.48 bits per heavy atom. The number of hydrogen-bond donors (Lipinski definition) is 2. The normalized spacial score (nSPS) is 19.3. The Balaban J connectivity index is 0.00000264. The van der Waals surface area contributed by atoms with Gasteiger partial charge in [-0.25, -0.2) is 8.42 Å². The SMILES string of the molecule is Cc1cc(S(=O)(=O)N2CCCC(CNCC(=O)O)C2)c(C)s1.Cl. The van der Waals surface area contributed by atoms with E-state index in [0.29, 0.717) is 24.5 Å². The third-order valence-electron chi connectivity index (χ3n) is 3.80. The van der Waals surface area contributed by atoms with Crippen molar-refractivity contribution in [1.29, 1.82) is 0 Å². The van der Waals surface area contributed by atoms with Crippen molar-refractivity contribution in [2.45, 2.75) is 31.6 Å². The van der Waals surface area contributed by atoms with Crippen molar-refractivity contribution >= 4 is 39.7 Å². The fourth-order valence-corrected chi connectivity index (χ4v) is 5.88. The molecule has 0 radical (unpaired) electrons. The molecule has 2 rings (SSSR count). The number of nitrogens with zero attached hydrogens (tertiary/aromatic N) is 1. The first-order valence-electron chi connectivity index (χ1n) is 7.30. The van der Waals surface area contributed by atoms with Gasteiger partial charge in [-0.2, -0.15) is 4.31 Å². The van der Waals surface area contributed by atoms with Crippen LogP contribution in [0.2, 0.25) is 0 Å². The summed E-state index contributed by atoms with van der Waals surface area (Å²) in [6.07, 6.45) is 1.72. The second-order valence-electron chi connectivity index (χ2n) is 5.67. The van der Waals surface area contributed by atoms with Crippen LogP contribution in [-0.4, -0.2) is 50.0 Å². The molecule has 0 aliphatic carbocycles. The van der Waals surface area contributed by atoms with Gasteiger partial charge in [-0.3, -0.25) is 4.79 Å². The van der Waals surface area contributed by atoms with Crippen molar-refractivity contribution in [3.63, 3.8) is 0 Å². The Kier molecular flexibility index (Phi) is 7.47. The van der Waals surface area contributed by atoms with E-state index >= 15 is 0 Å². The van der Waals surface area contributed by atoms with Gasteiger partial charge in [-0.15, -0.1) is 23.7 Å². The quantitative estimate of drug-likeness (QED) is 0.784. The van der Waals surface area contributed by atoms with Gasteiger partial charge in [-0.05, 0) is 45.2 Å². The predicted molar refractivity (Wildman–Crippen MR) is 93.0 cm³/mol. The van der Waals surface area contributed by atoms with E-state index in [4.69, 9.17) is 5.11 Å². The number of nitrogens with one attached hydrogen (secondary N) is 1. The first-order chi connectivity index (χ1) is 10.3. The van der Waals surface area contributed by atoms with Crippen LogP contribution in [0.4, 0.5) is 0 Å². The summed E-state index contributed by atoms with van der Waals surface area (Å²) in [5, 5.41) is 11.5. The molecular formula is C14H23ClN2O4S2. The molecule has 6 nitrogen and oxygen atoms in total. The van der Waals surface area contributed by atoms with Crippen LogP contribution in [0.15, 0.2) is 11.0 Å². The molecule has 0 aromatic carbocycles. The largest absolute Gasteiger partial charge is 0.480 e. The zero-order valence-electron chi connectivity index (χ0n) is 13.2. The number of sulfonamides is 1. The van der Waals surface area contributed by atoms with E-state index in [1.54, 1.807) is 6.07 Å². The minimum atomic E-state index is -3.45. The lowest BCUT2D eigenvalue weighted by Crippen LogP contribution is -2.43. The lowest BCUT2D eigenvalue weighted by atomic mass is 10.00. The number of piperidine rings is 1. The van der Waals surface area contributed by atoms with E-state index in [9.17, 15) is 13.2 Å². The van der Waals surface area contributed by atoms with Gasteiger partial charge in [0.15, 0.2) is 0 Å². The third-order valence-corrected chi connectivity index (χ3v) is 6.89. The number of hydrogen-bond acceptors (Lipinski definition) is 5. The van der Waals surface area contributed by atoms with Gasteiger partial charge in [0.25, 0.3) is 0 Å². The molecule has 1 aromatic rings. The van der Waals surface area contributed by atoms with Crippen molar-refractivity contribution in [3.05, 3.63) is 15.8 Å². The molecule has 1 saturated heterocycles. The van der Waals surface area contributed by atoms with E-state index in [2.05, 4.69) is 5.32 Å². The zero-order chi connectivity index (χ0) is 16.3. The maximum absolute atomic E-state index is 12.8. The summed E-state index contributed by atoms with van der Waals surface area (Å²) in [4.78, 5) is 12.7. The van der Waals surface area contributed by atoms with Crippen LogP contribution in [0.5, 0.6) is 0 Å². The van der Waals surface area contributed by atoms with Gasteiger partial charge in [0, 0.05) is 22.8 Å². The molecule has 1 aromatic heterocycles. The molecule has 9 heteroatoms. The highest BCUT2D eigenvalue weighted by Gasteiger charge is 2.31. The Morgan fingerprint density at radius 3 is 2.74 bits per heavy atom. The highest BCUT2D eigenvalue weighted by atomic mass is 35.5. The molecule has 1 atom stereocenters. The van der Waals surface area contributed by atoms with Crippen LogP contribution >= 0.6 is 23.7 Å². The molecule has 1 unspecified atom stereocenters. The molecule has 1 fully saturated rings. The monoisotopic (exact) mass is 382 g/mol. The molecule has 1 aliphatic rings. The molecule has 0 amide bonds. The van der Waals surface area contributed by atoms with Crippen LogP contribution in [0.25, 0.3) is 0 Å². The van der Waals surface area contributed by atoms with Gasteiger partial charge in [0.05, 0.1) is 11.4 Å². The molecule has 1 aliphatic heterocycles. The van der Waals surface area contributed by atoms with Crippen molar-refractivity contribution in [3.8, 4) is 0 Å². The van der Waals surface area contributed by atoms with Gasteiger partial charge in [0.1, 0.15) is 0 Å². The van der Waals surface area contributed by atoms with Crippen molar-refractivity contribution < 1.29 is 18.3 Å². The number of aryl methyl sites for hydroxylation is 2. The number of rotatable bonds is 6. The highest BCUT2D eigenvalue weighted by molar-refractivity contribution is 7.89. The Hall–Kier alpha value is -0.670. The summed E-state index contributed by atoms with van der Waals surface area (Å²) < 4.78 is 27.1. The van der Waals surface area contributed by atoms with E-state index in [1.165, 1.54) is 15.6 Å². The average molecular weight is 383 g/mol. The number of thiophene rings is 1. The molecule has 2 N–H and O–H groups in total. The minimum Gasteiger partial charge on any atom is -0.480 e. The molecular weight excluding hydrogens is 360 g/mol. The van der Waals surface area contributed by atoms with Gasteiger partial charge in [0.2, 0.25) is 10.0 Å². The summed E-state index contributed by atoms with van der Waals surface area (Å²) in [7, 11) is -3.45. The zero-order valence-corrected chi connectivity index (χ0v) is 15.7. The number of carboxylic acids is 1. The second-order valence-corrected chi connectivity index (χ2v) is 9.04. The molecule has 23 heavy (non-hydrogen) atoms. The topological polar surface area (TPSA) is 86.7 Å². The first-order valence-corrected chi connectivity index (χ1v) is 9.56. The standard InChI is InChI=1S/C14H22N2O4S2.ClH/c1-10-6-13(11(2)21-10)22(19,20)16-5-3-4-12(9-16)7-15-8-14(17)18;/h6,12,15H,3-5,7-9H2,1-2H3,(H,17,18);1H. The lowest BCUT2D eigenvalue weighted by molar-refractivity contribution is -0.136. The van der Waals surface area contributed by atoms with Crippen molar-refractivity contribution in [1.82, 2.24) is 9.62 Å². The maximum atomic E-state index is 12.8. The Labute approximate surface area is 147 Å². The van der Waals surface area contributed by atoms with Crippen LogP contribution in [0, 0.1) is 19.8 Å². The van der Waals surface area contributed by atoms with Gasteiger partial charge < -0.3 is 10.4 Å². The van der Waals surface area contributed by atoms with E-state index < -0.39 is 16.0 Å². The molecule has 132 valence electrons. The molecule has 0 bridgehead atoms. The predicted octanol–water partition coefficient (Wildman–Crippen LogP) is 1.86. The van der Waals surface area contributed by atoms with Gasteiger partial charge in [-0.1, -0.05) is 0 Å². The number of carboxylic acid groups (broad SMARTS) is 1. The summed E-state index contributed by atoms with van der Waals surface area (Å²) in [6, 6.07) is 1.74. The smallest absolute Gasteiger partial charge is 0.317 e. The lowest BCUT2D eigenvalue weighted by Gasteiger charge is -2.32. The number of aliphatic carboxylic acids is 1. The molecule has 0 spiro atoms. The van der Waals surface area contributed by atoms with E-state index in [-0.39, 0.29) is 24.9 Å². The Morgan fingerprint density at radius 2 is 2.17 bits per heavy atom. The number of halogens is 1. The number of carbonyl (C=O) groups is 1. The Bertz CT molecular complexity index is 645.